The molecule has 7 heteroatoms. The molecule has 162 valence electrons. The zero-order chi connectivity index (χ0) is 22.2. The third-order valence-electron chi connectivity index (χ3n) is 5.90. The van der Waals surface area contributed by atoms with Gasteiger partial charge in [-0.2, -0.15) is 0 Å². The number of aromatic nitrogens is 1. The molecule has 4 aromatic rings. The van der Waals surface area contributed by atoms with Crippen LogP contribution in [0.25, 0.3) is 10.9 Å². The van der Waals surface area contributed by atoms with Crippen molar-refractivity contribution in [2.24, 2.45) is 0 Å². The number of methoxy groups -OCH3 is 1. The van der Waals surface area contributed by atoms with Crippen molar-refractivity contribution in [2.75, 3.05) is 19.0 Å². The molecule has 5 nitrogen and oxygen atoms in total. The van der Waals surface area contributed by atoms with Gasteiger partial charge in [0, 0.05) is 23.1 Å². The molecule has 0 saturated carbocycles. The molecule has 2 N–H and O–H groups in total. The second-order valence-electron chi connectivity index (χ2n) is 7.74. The average molecular weight is 450 g/mol. The number of carbonyl (C=O) groups is 1. The van der Waals surface area contributed by atoms with Crippen molar-refractivity contribution in [2.45, 2.75) is 12.5 Å². The van der Waals surface area contributed by atoms with Gasteiger partial charge in [0.15, 0.2) is 0 Å². The van der Waals surface area contributed by atoms with E-state index in [1.54, 1.807) is 36.3 Å². The van der Waals surface area contributed by atoms with Gasteiger partial charge in [-0.25, -0.2) is 9.18 Å². The van der Waals surface area contributed by atoms with E-state index in [0.717, 1.165) is 33.5 Å². The van der Waals surface area contributed by atoms with E-state index in [1.807, 2.05) is 30.3 Å². The Labute approximate surface area is 189 Å². The number of anilines is 1. The fourth-order valence-electron chi connectivity index (χ4n) is 4.35. The standard InChI is InChI=1S/C25H21ClFN3O2/c1-32-17-10-11-21-19(14-17)18-12-13-30(25(31)29-22-5-3-2-4-20(22)26)24(23(18)28-21)15-6-8-16(27)9-7-15/h2-11,14,24,28H,12-13H2,1H3,(H,29,31)/t24-/m1/s1. The zero-order valence-corrected chi connectivity index (χ0v) is 18.1. The number of carbonyl (C=O) groups excluding carboxylic acids is 1. The number of rotatable bonds is 3. The molecule has 0 radical (unpaired) electrons. The fourth-order valence-corrected chi connectivity index (χ4v) is 4.54. The smallest absolute Gasteiger partial charge is 0.322 e. The molecule has 0 bridgehead atoms. The molecule has 0 saturated heterocycles. The Bertz CT molecular complexity index is 1300. The first kappa shape index (κ1) is 20.4. The topological polar surface area (TPSA) is 57.4 Å². The van der Waals surface area contributed by atoms with E-state index in [9.17, 15) is 9.18 Å². The van der Waals surface area contributed by atoms with E-state index in [2.05, 4.69) is 10.3 Å². The first-order valence-electron chi connectivity index (χ1n) is 10.3. The van der Waals surface area contributed by atoms with Crippen molar-refractivity contribution in [1.82, 2.24) is 9.88 Å². The molecule has 0 unspecified atom stereocenters. The number of H-pyrrole nitrogens is 1. The van der Waals surface area contributed by atoms with Crippen LogP contribution < -0.4 is 10.1 Å². The van der Waals surface area contributed by atoms with E-state index in [-0.39, 0.29) is 11.8 Å². The van der Waals surface area contributed by atoms with Gasteiger partial charge in [-0.15, -0.1) is 0 Å². The maximum Gasteiger partial charge on any atom is 0.322 e. The second kappa shape index (κ2) is 8.20. The summed E-state index contributed by atoms with van der Waals surface area (Å²) < 4.78 is 19.1. The number of urea groups is 1. The summed E-state index contributed by atoms with van der Waals surface area (Å²) in [6.07, 6.45) is 0.677. The molecule has 32 heavy (non-hydrogen) atoms. The summed E-state index contributed by atoms with van der Waals surface area (Å²) in [4.78, 5) is 18.6. The molecule has 0 aliphatic carbocycles. The van der Waals surface area contributed by atoms with Gasteiger partial charge < -0.3 is 19.9 Å². The normalized spacial score (nSPS) is 15.5. The number of benzene rings is 3. The summed E-state index contributed by atoms with van der Waals surface area (Å²) in [6, 6.07) is 18.6. The number of fused-ring (bicyclic) bond motifs is 3. The van der Waals surface area contributed by atoms with Crippen molar-refractivity contribution in [1.29, 1.82) is 0 Å². The van der Waals surface area contributed by atoms with E-state index < -0.39 is 6.04 Å². The van der Waals surface area contributed by atoms with Gasteiger partial charge in [0.2, 0.25) is 0 Å². The molecule has 1 atom stereocenters. The van der Waals surface area contributed by atoms with E-state index in [4.69, 9.17) is 16.3 Å². The predicted octanol–water partition coefficient (Wildman–Crippen LogP) is 6.15. The summed E-state index contributed by atoms with van der Waals surface area (Å²) in [5.41, 5.74) is 4.39. The van der Waals surface area contributed by atoms with Gasteiger partial charge in [-0.05, 0) is 60.0 Å². The lowest BCUT2D eigenvalue weighted by molar-refractivity contribution is 0.193. The number of nitrogens with one attached hydrogen (secondary N) is 2. The maximum atomic E-state index is 13.7. The Balaban J connectivity index is 1.59. The Morgan fingerprint density at radius 1 is 1.16 bits per heavy atom. The first-order chi connectivity index (χ1) is 15.5. The molecular formula is C25H21ClFN3O2. The number of para-hydroxylation sites is 1. The lowest BCUT2D eigenvalue weighted by Gasteiger charge is -2.36. The van der Waals surface area contributed by atoms with Crippen LogP contribution in [-0.2, 0) is 6.42 Å². The zero-order valence-electron chi connectivity index (χ0n) is 17.4. The van der Waals surface area contributed by atoms with Crippen LogP contribution in [0, 0.1) is 5.82 Å². The Kier molecular flexibility index (Phi) is 5.23. The van der Waals surface area contributed by atoms with Gasteiger partial charge in [0.25, 0.3) is 0 Å². The summed E-state index contributed by atoms with van der Waals surface area (Å²) in [6.45, 7) is 0.496. The lowest BCUT2D eigenvalue weighted by atomic mass is 9.92. The van der Waals surface area contributed by atoms with Crippen LogP contribution in [0.3, 0.4) is 0 Å². The van der Waals surface area contributed by atoms with Crippen LogP contribution in [-0.4, -0.2) is 29.6 Å². The summed E-state index contributed by atoms with van der Waals surface area (Å²) in [5, 5.41) is 4.46. The molecule has 1 aliphatic rings. The number of halogens is 2. The largest absolute Gasteiger partial charge is 0.497 e. The van der Waals surface area contributed by atoms with Crippen molar-refractivity contribution in [3.8, 4) is 5.75 Å². The van der Waals surface area contributed by atoms with Gasteiger partial charge in [-0.1, -0.05) is 35.9 Å². The molecule has 5 rings (SSSR count). The number of hydrogen-bond acceptors (Lipinski definition) is 2. The Hall–Kier alpha value is -3.51. The summed E-state index contributed by atoms with van der Waals surface area (Å²) >= 11 is 6.25. The maximum absolute atomic E-state index is 13.7. The molecule has 1 aromatic heterocycles. The van der Waals surface area contributed by atoms with Crippen molar-refractivity contribution in [3.63, 3.8) is 0 Å². The third kappa shape index (κ3) is 3.56. The number of nitrogens with zero attached hydrogens (tertiary/aromatic N) is 1. The molecule has 3 aromatic carbocycles. The first-order valence-corrected chi connectivity index (χ1v) is 10.7. The minimum Gasteiger partial charge on any atom is -0.497 e. The molecule has 0 fully saturated rings. The highest BCUT2D eigenvalue weighted by Crippen LogP contribution is 2.39. The van der Waals surface area contributed by atoms with E-state index in [0.29, 0.717) is 23.7 Å². The van der Waals surface area contributed by atoms with Crippen LogP contribution in [0.1, 0.15) is 22.9 Å². The molecule has 1 aliphatic heterocycles. The van der Waals surface area contributed by atoms with Gasteiger partial charge >= 0.3 is 6.03 Å². The van der Waals surface area contributed by atoms with Crippen molar-refractivity contribution >= 4 is 34.2 Å². The lowest BCUT2D eigenvalue weighted by Crippen LogP contribution is -2.43. The highest BCUT2D eigenvalue weighted by Gasteiger charge is 2.35. The van der Waals surface area contributed by atoms with E-state index in [1.165, 1.54) is 12.1 Å². The predicted molar refractivity (Wildman–Crippen MR) is 124 cm³/mol. The molecule has 0 spiro atoms. The summed E-state index contributed by atoms with van der Waals surface area (Å²) in [7, 11) is 1.64. The number of ether oxygens (including phenoxy) is 1. The molecule has 2 heterocycles. The number of hydrogen-bond donors (Lipinski definition) is 2. The Morgan fingerprint density at radius 2 is 1.94 bits per heavy atom. The monoisotopic (exact) mass is 449 g/mol. The minimum absolute atomic E-state index is 0.269. The van der Waals surface area contributed by atoms with E-state index >= 15 is 0 Å². The van der Waals surface area contributed by atoms with Gasteiger partial charge in [0.05, 0.1) is 23.9 Å². The Morgan fingerprint density at radius 3 is 2.69 bits per heavy atom. The van der Waals surface area contributed by atoms with Crippen LogP contribution in [0.2, 0.25) is 5.02 Å². The third-order valence-corrected chi connectivity index (χ3v) is 6.23. The van der Waals surface area contributed by atoms with Gasteiger partial charge in [0.1, 0.15) is 11.6 Å². The minimum atomic E-state index is -0.403. The van der Waals surface area contributed by atoms with Crippen molar-refractivity contribution in [3.05, 3.63) is 94.4 Å². The average Bonchev–Trinajstić information content (AvgIpc) is 3.18. The molecule has 2 amide bonds. The van der Waals surface area contributed by atoms with Gasteiger partial charge in [-0.3, -0.25) is 0 Å². The van der Waals surface area contributed by atoms with Crippen LogP contribution >= 0.6 is 11.6 Å². The second-order valence-corrected chi connectivity index (χ2v) is 8.14. The molecular weight excluding hydrogens is 429 g/mol. The quantitative estimate of drug-likeness (QED) is 0.394. The van der Waals surface area contributed by atoms with Crippen LogP contribution in [0.4, 0.5) is 14.9 Å². The summed E-state index contributed by atoms with van der Waals surface area (Å²) in [5.74, 6) is 0.453. The van der Waals surface area contributed by atoms with Crippen LogP contribution in [0.15, 0.2) is 66.7 Å². The fraction of sp³-hybridized carbons (Fsp3) is 0.160. The number of amides is 2. The SMILES string of the molecule is COc1ccc2[nH]c3c(c2c1)CCN(C(=O)Nc1ccccc1Cl)[C@@H]3c1ccc(F)cc1. The van der Waals surface area contributed by atoms with Crippen LogP contribution in [0.5, 0.6) is 5.75 Å². The number of aromatic amines is 1. The highest BCUT2D eigenvalue weighted by molar-refractivity contribution is 6.33. The highest BCUT2D eigenvalue weighted by atomic mass is 35.5. The van der Waals surface area contributed by atoms with Crippen molar-refractivity contribution < 1.29 is 13.9 Å².